The maximum absolute atomic E-state index is 11.4. The summed E-state index contributed by atoms with van der Waals surface area (Å²) in [6, 6.07) is 7.06. The molecule has 3 N–H and O–H groups in total. The fourth-order valence-electron chi connectivity index (χ4n) is 1.50. The van der Waals surface area contributed by atoms with Crippen molar-refractivity contribution in [3.05, 3.63) is 29.8 Å². The lowest BCUT2D eigenvalue weighted by atomic mass is 10.2. The van der Waals surface area contributed by atoms with Gasteiger partial charge in [-0.15, -0.1) is 0 Å². The molecule has 96 valence electrons. The Morgan fingerprint density at radius 1 is 1.39 bits per heavy atom. The third-order valence-electron chi connectivity index (χ3n) is 2.79. The standard InChI is InChI=1S/C13H16N2O2S/c14-13(18)10-3-5-11(6-4-10)17-8-12(16)15-7-9-1-2-9/h3-6,9H,1-2,7-8H2,(H2,14,18)(H,15,16). The van der Waals surface area contributed by atoms with E-state index >= 15 is 0 Å². The zero-order valence-electron chi connectivity index (χ0n) is 10.0. The first-order chi connectivity index (χ1) is 8.65. The van der Waals surface area contributed by atoms with Gasteiger partial charge in [0.1, 0.15) is 10.7 Å². The van der Waals surface area contributed by atoms with E-state index in [0.29, 0.717) is 16.7 Å². The van der Waals surface area contributed by atoms with E-state index in [4.69, 9.17) is 22.7 Å². The monoisotopic (exact) mass is 264 g/mol. The first-order valence-corrected chi connectivity index (χ1v) is 6.35. The molecule has 0 saturated heterocycles. The van der Waals surface area contributed by atoms with Crippen LogP contribution in [0.2, 0.25) is 0 Å². The molecule has 0 atom stereocenters. The van der Waals surface area contributed by atoms with Gasteiger partial charge in [0.05, 0.1) is 0 Å². The van der Waals surface area contributed by atoms with Gasteiger partial charge in [-0.1, -0.05) is 12.2 Å². The number of hydrogen-bond donors (Lipinski definition) is 2. The molecule has 4 nitrogen and oxygen atoms in total. The number of carbonyl (C=O) groups excluding carboxylic acids is 1. The van der Waals surface area contributed by atoms with Gasteiger partial charge in [-0.05, 0) is 43.0 Å². The topological polar surface area (TPSA) is 64.3 Å². The molecule has 1 saturated carbocycles. The van der Waals surface area contributed by atoms with E-state index < -0.39 is 0 Å². The summed E-state index contributed by atoms with van der Waals surface area (Å²) in [5, 5.41) is 2.84. The molecule has 1 aromatic rings. The Morgan fingerprint density at radius 2 is 2.06 bits per heavy atom. The number of ether oxygens (including phenoxy) is 1. The van der Waals surface area contributed by atoms with Crippen molar-refractivity contribution in [2.45, 2.75) is 12.8 Å². The molecule has 0 aliphatic heterocycles. The molecule has 0 heterocycles. The lowest BCUT2D eigenvalue weighted by Crippen LogP contribution is -2.30. The molecule has 0 radical (unpaired) electrons. The smallest absolute Gasteiger partial charge is 0.257 e. The number of nitrogens with one attached hydrogen (secondary N) is 1. The van der Waals surface area contributed by atoms with Crippen molar-refractivity contribution in [2.75, 3.05) is 13.2 Å². The number of rotatable bonds is 6. The van der Waals surface area contributed by atoms with Gasteiger partial charge in [0.15, 0.2) is 6.61 Å². The Balaban J connectivity index is 1.74. The Hall–Kier alpha value is -1.62. The van der Waals surface area contributed by atoms with Crippen LogP contribution in [0.5, 0.6) is 5.75 Å². The molecule has 2 rings (SSSR count). The highest BCUT2D eigenvalue weighted by Crippen LogP contribution is 2.27. The third kappa shape index (κ3) is 4.00. The quantitative estimate of drug-likeness (QED) is 0.758. The van der Waals surface area contributed by atoms with Crippen molar-refractivity contribution < 1.29 is 9.53 Å². The zero-order valence-corrected chi connectivity index (χ0v) is 10.8. The molecule has 18 heavy (non-hydrogen) atoms. The molecule has 1 aromatic carbocycles. The van der Waals surface area contributed by atoms with Crippen LogP contribution in [0.4, 0.5) is 0 Å². The Labute approximate surface area is 112 Å². The second-order valence-electron chi connectivity index (χ2n) is 4.42. The molecule has 1 aliphatic carbocycles. The SMILES string of the molecule is NC(=S)c1ccc(OCC(=O)NCC2CC2)cc1. The van der Waals surface area contributed by atoms with Crippen LogP contribution in [0, 0.1) is 5.92 Å². The van der Waals surface area contributed by atoms with E-state index in [-0.39, 0.29) is 12.5 Å². The predicted octanol–water partition coefficient (Wildman–Crippen LogP) is 1.23. The van der Waals surface area contributed by atoms with Crippen LogP contribution < -0.4 is 15.8 Å². The molecule has 0 unspecified atom stereocenters. The minimum absolute atomic E-state index is 0.0408. The average molecular weight is 264 g/mol. The van der Waals surface area contributed by atoms with Crippen molar-refractivity contribution in [3.8, 4) is 5.75 Å². The first-order valence-electron chi connectivity index (χ1n) is 5.94. The Kier molecular flexibility index (Phi) is 4.15. The molecule has 0 bridgehead atoms. The van der Waals surface area contributed by atoms with Crippen molar-refractivity contribution in [1.29, 1.82) is 0 Å². The predicted molar refractivity (Wildman–Crippen MR) is 73.6 cm³/mol. The molecule has 5 heteroatoms. The summed E-state index contributed by atoms with van der Waals surface area (Å²) in [6.45, 7) is 0.807. The third-order valence-corrected chi connectivity index (χ3v) is 3.03. The van der Waals surface area contributed by atoms with Gasteiger partial charge in [-0.3, -0.25) is 4.79 Å². The van der Waals surface area contributed by atoms with E-state index in [0.717, 1.165) is 12.1 Å². The molecular weight excluding hydrogens is 248 g/mol. The highest BCUT2D eigenvalue weighted by molar-refractivity contribution is 7.80. The second kappa shape index (κ2) is 5.82. The van der Waals surface area contributed by atoms with E-state index in [1.807, 2.05) is 0 Å². The largest absolute Gasteiger partial charge is 0.484 e. The van der Waals surface area contributed by atoms with Crippen LogP contribution in [0.3, 0.4) is 0 Å². The maximum atomic E-state index is 11.4. The fourth-order valence-corrected chi connectivity index (χ4v) is 1.63. The second-order valence-corrected chi connectivity index (χ2v) is 4.86. The number of amides is 1. The summed E-state index contributed by atoms with van der Waals surface area (Å²) >= 11 is 4.85. The van der Waals surface area contributed by atoms with Crippen LogP contribution in [-0.2, 0) is 4.79 Å². The molecule has 0 aromatic heterocycles. The molecule has 0 spiro atoms. The van der Waals surface area contributed by atoms with Crippen molar-refractivity contribution in [1.82, 2.24) is 5.32 Å². The summed E-state index contributed by atoms with van der Waals surface area (Å²) in [7, 11) is 0. The normalized spacial score (nSPS) is 14.0. The average Bonchev–Trinajstić information content (AvgIpc) is 3.18. The minimum atomic E-state index is -0.0830. The zero-order chi connectivity index (χ0) is 13.0. The van der Waals surface area contributed by atoms with Crippen LogP contribution in [0.1, 0.15) is 18.4 Å². The summed E-state index contributed by atoms with van der Waals surface area (Å²) in [5.74, 6) is 1.23. The lowest BCUT2D eigenvalue weighted by molar-refractivity contribution is -0.123. The Bertz CT molecular complexity index is 441. The highest BCUT2D eigenvalue weighted by atomic mass is 32.1. The summed E-state index contributed by atoms with van der Waals surface area (Å²) in [4.78, 5) is 11.8. The van der Waals surface area contributed by atoms with Gasteiger partial charge < -0.3 is 15.8 Å². The van der Waals surface area contributed by atoms with E-state index in [1.165, 1.54) is 12.8 Å². The number of thiocarbonyl (C=S) groups is 1. The number of benzene rings is 1. The first kappa shape index (κ1) is 12.8. The molecular formula is C13H16N2O2S. The fraction of sp³-hybridized carbons (Fsp3) is 0.385. The van der Waals surface area contributed by atoms with E-state index in [1.54, 1.807) is 24.3 Å². The summed E-state index contributed by atoms with van der Waals surface area (Å²) in [5.41, 5.74) is 6.27. The van der Waals surface area contributed by atoms with Gasteiger partial charge in [0.2, 0.25) is 0 Å². The number of carbonyl (C=O) groups is 1. The number of nitrogens with two attached hydrogens (primary N) is 1. The van der Waals surface area contributed by atoms with Crippen molar-refractivity contribution in [3.63, 3.8) is 0 Å². The summed E-state index contributed by atoms with van der Waals surface area (Å²) < 4.78 is 5.36. The Morgan fingerprint density at radius 3 is 2.61 bits per heavy atom. The molecule has 1 fully saturated rings. The van der Waals surface area contributed by atoms with Crippen LogP contribution in [-0.4, -0.2) is 24.0 Å². The van der Waals surface area contributed by atoms with Gasteiger partial charge >= 0.3 is 0 Å². The van der Waals surface area contributed by atoms with E-state index in [2.05, 4.69) is 5.32 Å². The minimum Gasteiger partial charge on any atom is -0.484 e. The van der Waals surface area contributed by atoms with Crippen molar-refractivity contribution in [2.24, 2.45) is 11.7 Å². The van der Waals surface area contributed by atoms with Crippen molar-refractivity contribution >= 4 is 23.1 Å². The maximum Gasteiger partial charge on any atom is 0.257 e. The molecule has 1 amide bonds. The van der Waals surface area contributed by atoms with E-state index in [9.17, 15) is 4.79 Å². The van der Waals surface area contributed by atoms with Gasteiger partial charge in [0.25, 0.3) is 5.91 Å². The highest BCUT2D eigenvalue weighted by Gasteiger charge is 2.21. The summed E-state index contributed by atoms with van der Waals surface area (Å²) in [6.07, 6.45) is 2.45. The van der Waals surface area contributed by atoms with Crippen LogP contribution in [0.15, 0.2) is 24.3 Å². The number of hydrogen-bond acceptors (Lipinski definition) is 3. The molecule has 1 aliphatic rings. The van der Waals surface area contributed by atoms with Crippen LogP contribution in [0.25, 0.3) is 0 Å². The van der Waals surface area contributed by atoms with Gasteiger partial charge in [-0.25, -0.2) is 0 Å². The van der Waals surface area contributed by atoms with Gasteiger partial charge in [0, 0.05) is 12.1 Å². The lowest BCUT2D eigenvalue weighted by Gasteiger charge is -2.07. The van der Waals surface area contributed by atoms with Gasteiger partial charge in [-0.2, -0.15) is 0 Å². The van der Waals surface area contributed by atoms with Crippen LogP contribution >= 0.6 is 12.2 Å².